The lowest BCUT2D eigenvalue weighted by atomic mass is 9.52. The fourth-order valence-electron chi connectivity index (χ4n) is 13.6. The molecule has 0 bridgehead atoms. The zero-order chi connectivity index (χ0) is 34.6. The van der Waals surface area contributed by atoms with Crippen molar-refractivity contribution in [2.75, 3.05) is 0 Å². The number of ketones is 2. The zero-order valence-corrected chi connectivity index (χ0v) is 30.6. The van der Waals surface area contributed by atoms with Gasteiger partial charge in [-0.15, -0.1) is 0 Å². The van der Waals surface area contributed by atoms with Gasteiger partial charge in [-0.25, -0.2) is 0 Å². The van der Waals surface area contributed by atoms with Gasteiger partial charge in [-0.1, -0.05) is 55.3 Å². The molecule has 0 spiro atoms. The van der Waals surface area contributed by atoms with Gasteiger partial charge < -0.3 is 9.84 Å². The lowest BCUT2D eigenvalue weighted by Gasteiger charge is -2.53. The molecule has 0 aliphatic heterocycles. The fraction of sp³-hybridized carbons (Fsp3) is 0.711. The maximum atomic E-state index is 12.6. The summed E-state index contributed by atoms with van der Waals surface area (Å²) in [5.41, 5.74) is 4.42. The Bertz CT molecular complexity index is 1520. The molecule has 12 atom stereocenters. The molecule has 270 valence electrons. The molecular formula is C45H60O5. The van der Waals surface area contributed by atoms with Crippen LogP contribution in [0.15, 0.2) is 53.6 Å². The van der Waals surface area contributed by atoms with E-state index in [-0.39, 0.29) is 29.0 Å². The average Bonchev–Trinajstić information content (AvgIpc) is 3.62. The molecule has 5 nitrogen and oxygen atoms in total. The van der Waals surface area contributed by atoms with E-state index >= 15 is 0 Å². The van der Waals surface area contributed by atoms with E-state index in [2.05, 4.69) is 26.0 Å². The molecule has 0 amide bonds. The SMILES string of the molecule is C[C@]12CC[C@H]3[C@@H](CCC4=CC(=O)CC[C@@H]43)[C@@H]1CC[C@@H]2O.C[C@]12CC[C@H]3[C@@H](CCC4=CC(=O)CC[C@@H]43)[C@@H]1CC[C@@H]2OC(=O)CCc1ccccc1. The Hall–Kier alpha value is -2.53. The van der Waals surface area contributed by atoms with Crippen LogP contribution in [0.5, 0.6) is 0 Å². The highest BCUT2D eigenvalue weighted by Crippen LogP contribution is 2.63. The number of allylic oxidation sites excluding steroid dienone is 2. The Labute approximate surface area is 300 Å². The predicted molar refractivity (Wildman–Crippen MR) is 195 cm³/mol. The summed E-state index contributed by atoms with van der Waals surface area (Å²) in [4.78, 5) is 36.2. The van der Waals surface area contributed by atoms with Gasteiger partial charge in [-0.05, 0) is 167 Å². The van der Waals surface area contributed by atoms with Crippen molar-refractivity contribution in [2.45, 2.75) is 142 Å². The Balaban J connectivity index is 0.000000156. The molecule has 8 aliphatic carbocycles. The average molecular weight is 681 g/mol. The number of hydrogen-bond acceptors (Lipinski definition) is 5. The first-order chi connectivity index (χ1) is 24.1. The summed E-state index contributed by atoms with van der Waals surface area (Å²) in [5, 5.41) is 10.4. The first-order valence-electron chi connectivity index (χ1n) is 20.5. The molecule has 1 aromatic carbocycles. The van der Waals surface area contributed by atoms with Crippen molar-refractivity contribution in [3.05, 3.63) is 59.2 Å². The van der Waals surface area contributed by atoms with E-state index in [1.807, 2.05) is 30.4 Å². The summed E-state index contributed by atoms with van der Waals surface area (Å²) < 4.78 is 6.11. The van der Waals surface area contributed by atoms with Crippen LogP contribution in [0.4, 0.5) is 0 Å². The van der Waals surface area contributed by atoms with Crippen molar-refractivity contribution in [1.29, 1.82) is 0 Å². The van der Waals surface area contributed by atoms with E-state index in [1.54, 1.807) is 0 Å². The van der Waals surface area contributed by atoms with E-state index < -0.39 is 0 Å². The number of rotatable bonds is 4. The molecule has 8 aliphatic rings. The van der Waals surface area contributed by atoms with Crippen LogP contribution in [0, 0.1) is 58.2 Å². The number of aliphatic hydroxyl groups is 1. The number of benzene rings is 1. The standard InChI is InChI=1S/C27H34O3.C18H26O2/c1-27-16-15-22-21-11-9-20(28)17-19(21)8-10-23(22)24(27)12-13-25(27)30-26(29)14-7-18-5-3-2-4-6-18;1-18-9-8-14-13-5-3-12(19)10-11(13)2-4-15(14)16(18)6-7-17(18)20/h2-6,17,21-25H,7-16H2,1H3;10,13-17,20H,2-9H2,1H3/t21-,22+,23+,24-,25-,27-;13-,14+,15+,16-,17-,18-/m00/s1. The van der Waals surface area contributed by atoms with E-state index in [0.29, 0.717) is 35.7 Å². The van der Waals surface area contributed by atoms with Crippen LogP contribution in [0.25, 0.3) is 0 Å². The topological polar surface area (TPSA) is 80.7 Å². The fourth-order valence-corrected chi connectivity index (χ4v) is 13.6. The van der Waals surface area contributed by atoms with Crippen molar-refractivity contribution >= 4 is 17.5 Å². The smallest absolute Gasteiger partial charge is 0.306 e. The number of aliphatic hydroxyl groups excluding tert-OH is 1. The van der Waals surface area contributed by atoms with E-state index in [9.17, 15) is 19.5 Å². The molecule has 0 radical (unpaired) electrons. The minimum atomic E-state index is -0.0710. The Morgan fingerprint density at radius 2 is 1.24 bits per heavy atom. The molecule has 5 heteroatoms. The van der Waals surface area contributed by atoms with Crippen molar-refractivity contribution in [2.24, 2.45) is 58.2 Å². The lowest BCUT2D eigenvalue weighted by Crippen LogP contribution is -2.48. The van der Waals surface area contributed by atoms with Crippen molar-refractivity contribution in [1.82, 2.24) is 0 Å². The summed E-state index contributed by atoms with van der Waals surface area (Å²) in [6, 6.07) is 10.2. The number of aryl methyl sites for hydroxylation is 1. The Morgan fingerprint density at radius 3 is 1.86 bits per heavy atom. The zero-order valence-electron chi connectivity index (χ0n) is 30.6. The molecule has 1 N–H and O–H groups in total. The molecule has 0 unspecified atom stereocenters. The van der Waals surface area contributed by atoms with Gasteiger partial charge in [-0.3, -0.25) is 14.4 Å². The molecule has 6 saturated carbocycles. The highest BCUT2D eigenvalue weighted by Gasteiger charge is 2.58. The number of hydrogen-bond donors (Lipinski definition) is 1. The number of carbonyl (C=O) groups excluding carboxylic acids is 3. The normalized spacial score (nSPS) is 42.9. The molecule has 0 saturated heterocycles. The number of esters is 1. The van der Waals surface area contributed by atoms with Gasteiger partial charge >= 0.3 is 5.97 Å². The third-order valence-electron chi connectivity index (χ3n) is 16.2. The minimum absolute atomic E-state index is 0.0347. The highest BCUT2D eigenvalue weighted by atomic mass is 16.5. The maximum Gasteiger partial charge on any atom is 0.306 e. The van der Waals surface area contributed by atoms with E-state index in [1.165, 1.54) is 61.7 Å². The largest absolute Gasteiger partial charge is 0.462 e. The Kier molecular flexibility index (Phi) is 9.53. The molecule has 6 fully saturated rings. The third-order valence-corrected chi connectivity index (χ3v) is 16.2. The van der Waals surface area contributed by atoms with Crippen molar-refractivity contribution in [3.8, 4) is 0 Å². The molecular weight excluding hydrogens is 620 g/mol. The summed E-state index contributed by atoms with van der Waals surface area (Å²) in [5.74, 6) is 6.47. The second-order valence-corrected chi connectivity index (χ2v) is 18.3. The van der Waals surface area contributed by atoms with Gasteiger partial charge in [0.1, 0.15) is 6.10 Å². The molecule has 9 rings (SSSR count). The number of fused-ring (bicyclic) bond motifs is 10. The summed E-state index contributed by atoms with van der Waals surface area (Å²) in [6.45, 7) is 4.73. The quantitative estimate of drug-likeness (QED) is 0.321. The monoisotopic (exact) mass is 680 g/mol. The van der Waals surface area contributed by atoms with Crippen LogP contribution in [0.2, 0.25) is 0 Å². The second kappa shape index (κ2) is 13.8. The van der Waals surface area contributed by atoms with Crippen LogP contribution in [-0.4, -0.2) is 34.9 Å². The van der Waals surface area contributed by atoms with Gasteiger partial charge in [0.05, 0.1) is 6.10 Å². The van der Waals surface area contributed by atoms with Gasteiger partial charge in [0.25, 0.3) is 0 Å². The van der Waals surface area contributed by atoms with Crippen LogP contribution >= 0.6 is 0 Å². The van der Waals surface area contributed by atoms with E-state index in [0.717, 1.165) is 93.8 Å². The molecule has 1 aromatic rings. The van der Waals surface area contributed by atoms with E-state index in [4.69, 9.17) is 4.74 Å². The molecule has 0 heterocycles. The third kappa shape index (κ3) is 6.20. The van der Waals surface area contributed by atoms with Gasteiger partial charge in [0.2, 0.25) is 0 Å². The summed E-state index contributed by atoms with van der Waals surface area (Å²) >= 11 is 0. The number of carbonyl (C=O) groups is 3. The Morgan fingerprint density at radius 1 is 0.680 bits per heavy atom. The predicted octanol–water partition coefficient (Wildman–Crippen LogP) is 9.16. The molecule has 50 heavy (non-hydrogen) atoms. The first kappa shape index (κ1) is 34.6. The minimum Gasteiger partial charge on any atom is -0.462 e. The van der Waals surface area contributed by atoms with Gasteiger partial charge in [0.15, 0.2) is 11.6 Å². The highest BCUT2D eigenvalue weighted by molar-refractivity contribution is 5.91. The molecule has 0 aromatic heterocycles. The van der Waals surface area contributed by atoms with Crippen LogP contribution in [0.3, 0.4) is 0 Å². The lowest BCUT2D eigenvalue weighted by molar-refractivity contribution is -0.158. The van der Waals surface area contributed by atoms with Crippen LogP contribution in [-0.2, 0) is 25.5 Å². The second-order valence-electron chi connectivity index (χ2n) is 18.3. The van der Waals surface area contributed by atoms with Crippen molar-refractivity contribution < 1.29 is 24.2 Å². The van der Waals surface area contributed by atoms with Gasteiger partial charge in [0, 0.05) is 24.7 Å². The van der Waals surface area contributed by atoms with Crippen molar-refractivity contribution in [3.63, 3.8) is 0 Å². The maximum absolute atomic E-state index is 12.6. The summed E-state index contributed by atoms with van der Waals surface area (Å²) in [7, 11) is 0. The van der Waals surface area contributed by atoms with Gasteiger partial charge in [-0.2, -0.15) is 0 Å². The number of ether oxygens (including phenoxy) is 1. The summed E-state index contributed by atoms with van der Waals surface area (Å²) in [6.07, 6.45) is 22.9. The first-order valence-corrected chi connectivity index (χ1v) is 20.5. The van der Waals surface area contributed by atoms with Crippen LogP contribution < -0.4 is 0 Å². The van der Waals surface area contributed by atoms with Crippen LogP contribution in [0.1, 0.15) is 129 Å².